The van der Waals surface area contributed by atoms with E-state index in [1.807, 2.05) is 30.5 Å². The van der Waals surface area contributed by atoms with Gasteiger partial charge in [-0.05, 0) is 36.6 Å². The van der Waals surface area contributed by atoms with Crippen molar-refractivity contribution in [2.75, 3.05) is 7.11 Å². The first-order chi connectivity index (χ1) is 11.6. The lowest BCUT2D eigenvalue weighted by Crippen LogP contribution is -2.31. The van der Waals surface area contributed by atoms with Crippen molar-refractivity contribution in [2.45, 2.75) is 46.4 Å². The topological polar surface area (TPSA) is 43.4 Å². The minimum Gasteiger partial charge on any atom is -0.493 e. The van der Waals surface area contributed by atoms with Crippen LogP contribution in [0.15, 0.2) is 42.7 Å². The molecule has 24 heavy (non-hydrogen) atoms. The Balaban J connectivity index is 2.01. The van der Waals surface area contributed by atoms with Crippen LogP contribution in [0.3, 0.4) is 0 Å². The van der Waals surface area contributed by atoms with Gasteiger partial charge in [0.05, 0.1) is 7.11 Å². The zero-order chi connectivity index (χ0) is 17.4. The van der Waals surface area contributed by atoms with Crippen LogP contribution in [0, 0.1) is 5.92 Å². The maximum atomic E-state index is 5.94. The van der Waals surface area contributed by atoms with Gasteiger partial charge >= 0.3 is 0 Å². The summed E-state index contributed by atoms with van der Waals surface area (Å²) in [6.07, 6.45) is 4.75. The third-order valence-electron chi connectivity index (χ3n) is 4.47. The minimum absolute atomic E-state index is 0.477. The molecule has 0 aliphatic carbocycles. The molecule has 0 aliphatic heterocycles. The fourth-order valence-corrected chi connectivity index (χ4v) is 2.42. The number of methoxy groups -OCH3 is 1. The second kappa shape index (κ2) is 9.28. The molecular weight excluding hydrogens is 300 g/mol. The van der Waals surface area contributed by atoms with Crippen molar-refractivity contribution in [3.63, 3.8) is 0 Å². The molecule has 0 aliphatic rings. The van der Waals surface area contributed by atoms with Gasteiger partial charge in [0, 0.05) is 30.5 Å². The Morgan fingerprint density at radius 1 is 1.12 bits per heavy atom. The van der Waals surface area contributed by atoms with Crippen molar-refractivity contribution in [3.05, 3.63) is 53.9 Å². The highest BCUT2D eigenvalue weighted by molar-refractivity contribution is 5.43. The summed E-state index contributed by atoms with van der Waals surface area (Å²) in [5.74, 6) is 2.17. The van der Waals surface area contributed by atoms with Crippen molar-refractivity contribution < 1.29 is 9.47 Å². The van der Waals surface area contributed by atoms with Crippen LogP contribution in [-0.4, -0.2) is 18.1 Å². The Bertz CT molecular complexity index is 616. The lowest BCUT2D eigenvalue weighted by molar-refractivity contribution is 0.283. The molecule has 2 rings (SSSR count). The van der Waals surface area contributed by atoms with Gasteiger partial charge in [-0.1, -0.05) is 32.4 Å². The number of aromatic nitrogens is 1. The maximum Gasteiger partial charge on any atom is 0.161 e. The fraction of sp³-hybridized carbons (Fsp3) is 0.450. The molecule has 1 N–H and O–H groups in total. The predicted octanol–water partition coefficient (Wildman–Crippen LogP) is 4.19. The van der Waals surface area contributed by atoms with Crippen LogP contribution in [0.25, 0.3) is 0 Å². The van der Waals surface area contributed by atoms with Crippen molar-refractivity contribution >= 4 is 0 Å². The number of nitrogens with one attached hydrogen (secondary N) is 1. The van der Waals surface area contributed by atoms with E-state index in [4.69, 9.17) is 9.47 Å². The molecule has 0 saturated heterocycles. The smallest absolute Gasteiger partial charge is 0.161 e. The van der Waals surface area contributed by atoms with Gasteiger partial charge in [0.15, 0.2) is 11.5 Å². The van der Waals surface area contributed by atoms with E-state index in [2.05, 4.69) is 37.1 Å². The van der Waals surface area contributed by atoms with Gasteiger partial charge < -0.3 is 14.8 Å². The third kappa shape index (κ3) is 5.24. The summed E-state index contributed by atoms with van der Waals surface area (Å²) in [7, 11) is 1.66. The number of hydrogen-bond donors (Lipinski definition) is 1. The fourth-order valence-electron chi connectivity index (χ4n) is 2.42. The Labute approximate surface area is 145 Å². The summed E-state index contributed by atoms with van der Waals surface area (Å²) >= 11 is 0. The summed E-state index contributed by atoms with van der Waals surface area (Å²) < 4.78 is 11.3. The molecule has 1 aromatic heterocycles. The van der Waals surface area contributed by atoms with Gasteiger partial charge in [0.2, 0.25) is 0 Å². The molecular formula is C20H28N2O2. The molecule has 2 aromatic rings. The molecule has 0 saturated carbocycles. The van der Waals surface area contributed by atoms with Crippen LogP contribution in [-0.2, 0) is 13.2 Å². The molecule has 4 heteroatoms. The van der Waals surface area contributed by atoms with Crippen LogP contribution in [0.5, 0.6) is 11.5 Å². The van der Waals surface area contributed by atoms with Crippen molar-refractivity contribution in [1.82, 2.24) is 10.3 Å². The van der Waals surface area contributed by atoms with Gasteiger partial charge in [0.25, 0.3) is 0 Å². The van der Waals surface area contributed by atoms with Gasteiger partial charge in [-0.3, -0.25) is 4.98 Å². The van der Waals surface area contributed by atoms with Gasteiger partial charge in [-0.2, -0.15) is 0 Å². The largest absolute Gasteiger partial charge is 0.493 e. The van der Waals surface area contributed by atoms with E-state index in [-0.39, 0.29) is 0 Å². The monoisotopic (exact) mass is 328 g/mol. The first-order valence-electron chi connectivity index (χ1n) is 8.56. The Kier molecular flexibility index (Phi) is 7.07. The zero-order valence-electron chi connectivity index (χ0n) is 15.1. The average Bonchev–Trinajstić information content (AvgIpc) is 2.64. The van der Waals surface area contributed by atoms with Crippen LogP contribution in [0.2, 0.25) is 0 Å². The lowest BCUT2D eigenvalue weighted by Gasteiger charge is -2.20. The quantitative estimate of drug-likeness (QED) is 0.749. The van der Waals surface area contributed by atoms with E-state index in [9.17, 15) is 0 Å². The summed E-state index contributed by atoms with van der Waals surface area (Å²) in [6.45, 7) is 8.02. The predicted molar refractivity (Wildman–Crippen MR) is 97.3 cm³/mol. The second-order valence-corrected chi connectivity index (χ2v) is 6.19. The molecule has 0 fully saturated rings. The molecule has 0 spiro atoms. The molecule has 0 bridgehead atoms. The highest BCUT2D eigenvalue weighted by Gasteiger charge is 2.11. The molecule has 1 heterocycles. The molecule has 4 nitrogen and oxygen atoms in total. The number of pyridine rings is 1. The third-order valence-corrected chi connectivity index (χ3v) is 4.47. The zero-order valence-corrected chi connectivity index (χ0v) is 15.1. The molecule has 0 radical (unpaired) electrons. The summed E-state index contributed by atoms with van der Waals surface area (Å²) in [4.78, 5) is 4.11. The summed E-state index contributed by atoms with van der Waals surface area (Å²) in [5, 5.41) is 3.58. The highest BCUT2D eigenvalue weighted by Crippen LogP contribution is 2.29. The van der Waals surface area contributed by atoms with Gasteiger partial charge in [0.1, 0.15) is 6.61 Å². The molecule has 130 valence electrons. The Morgan fingerprint density at radius 2 is 1.96 bits per heavy atom. The average molecular weight is 328 g/mol. The number of benzene rings is 1. The summed E-state index contributed by atoms with van der Waals surface area (Å²) in [6, 6.07) is 10.5. The Morgan fingerprint density at radius 3 is 2.62 bits per heavy atom. The highest BCUT2D eigenvalue weighted by atomic mass is 16.5. The van der Waals surface area contributed by atoms with Gasteiger partial charge in [-0.25, -0.2) is 0 Å². The first-order valence-corrected chi connectivity index (χ1v) is 8.56. The Hall–Kier alpha value is -2.07. The lowest BCUT2D eigenvalue weighted by atomic mass is 10.0. The molecule has 2 unspecified atom stereocenters. The first kappa shape index (κ1) is 18.3. The summed E-state index contributed by atoms with van der Waals surface area (Å²) in [5.41, 5.74) is 2.22. The van der Waals surface area contributed by atoms with Crippen molar-refractivity contribution in [3.8, 4) is 11.5 Å². The number of ether oxygens (including phenoxy) is 2. The van der Waals surface area contributed by atoms with Crippen molar-refractivity contribution in [2.24, 2.45) is 5.92 Å². The van der Waals surface area contributed by atoms with Crippen LogP contribution >= 0.6 is 0 Å². The van der Waals surface area contributed by atoms with Crippen LogP contribution in [0.4, 0.5) is 0 Å². The van der Waals surface area contributed by atoms with E-state index >= 15 is 0 Å². The minimum atomic E-state index is 0.477. The maximum absolute atomic E-state index is 5.94. The van der Waals surface area contributed by atoms with Gasteiger partial charge in [-0.15, -0.1) is 0 Å². The van der Waals surface area contributed by atoms with Crippen LogP contribution in [0.1, 0.15) is 38.3 Å². The van der Waals surface area contributed by atoms with Crippen molar-refractivity contribution in [1.29, 1.82) is 0 Å². The number of hydrogen-bond acceptors (Lipinski definition) is 4. The van der Waals surface area contributed by atoms with E-state index in [0.29, 0.717) is 18.6 Å². The molecule has 0 amide bonds. The number of rotatable bonds is 9. The van der Waals surface area contributed by atoms with E-state index in [0.717, 1.165) is 23.6 Å². The SMILES string of the molecule is CCC(C)C(C)NCc1ccc(OC)c(OCc2cccnc2)c1. The van der Waals surface area contributed by atoms with E-state index in [1.54, 1.807) is 13.3 Å². The van der Waals surface area contributed by atoms with Crippen LogP contribution < -0.4 is 14.8 Å². The normalized spacial score (nSPS) is 13.3. The second-order valence-electron chi connectivity index (χ2n) is 6.19. The van der Waals surface area contributed by atoms with E-state index < -0.39 is 0 Å². The number of nitrogens with zero attached hydrogens (tertiary/aromatic N) is 1. The van der Waals surface area contributed by atoms with E-state index in [1.165, 1.54) is 12.0 Å². The standard InChI is InChI=1S/C20H28N2O2/c1-5-15(2)16(3)22-13-17-8-9-19(23-4)20(11-17)24-14-18-7-6-10-21-12-18/h6-12,15-16,22H,5,13-14H2,1-4H3. The molecule has 2 atom stereocenters. The molecule has 1 aromatic carbocycles.